The summed E-state index contributed by atoms with van der Waals surface area (Å²) in [5.74, 6) is -1.36. The van der Waals surface area contributed by atoms with Crippen LogP contribution in [0.5, 0.6) is 0 Å². The minimum atomic E-state index is -1.11. The number of rotatable bonds is 1. The largest absolute Gasteiger partial charge is 0.388 e. The zero-order valence-corrected chi connectivity index (χ0v) is 6.94. The molecule has 1 nitrogen and oxygen atoms in total. The SMILES string of the molecule is Cc1ccc(F)c([C@H](C)O)c1F. The minimum absolute atomic E-state index is 0.255. The Bertz CT molecular complexity index is 295. The molecule has 0 aliphatic rings. The third kappa shape index (κ3) is 1.46. The molecule has 0 saturated carbocycles. The number of hydrogen-bond acceptors (Lipinski definition) is 1. The van der Waals surface area contributed by atoms with Crippen molar-refractivity contribution in [2.45, 2.75) is 20.0 Å². The van der Waals surface area contributed by atoms with Crippen LogP contribution >= 0.6 is 0 Å². The van der Waals surface area contributed by atoms with Crippen LogP contribution in [0.25, 0.3) is 0 Å². The van der Waals surface area contributed by atoms with Gasteiger partial charge in [0.1, 0.15) is 11.6 Å². The van der Waals surface area contributed by atoms with Gasteiger partial charge in [-0.25, -0.2) is 8.78 Å². The summed E-state index contributed by atoms with van der Waals surface area (Å²) in [4.78, 5) is 0. The minimum Gasteiger partial charge on any atom is -0.388 e. The van der Waals surface area contributed by atoms with Crippen LogP contribution in [0.3, 0.4) is 0 Å². The number of hydrogen-bond donors (Lipinski definition) is 1. The second-order valence-corrected chi connectivity index (χ2v) is 2.77. The van der Waals surface area contributed by atoms with Gasteiger partial charge in [0.2, 0.25) is 0 Å². The summed E-state index contributed by atoms with van der Waals surface area (Å²) in [6.45, 7) is 2.86. The van der Waals surface area contributed by atoms with Crippen LogP contribution < -0.4 is 0 Å². The molecule has 0 bridgehead atoms. The number of aliphatic hydroxyl groups is 1. The lowest BCUT2D eigenvalue weighted by Crippen LogP contribution is -2.01. The number of halogens is 2. The molecule has 12 heavy (non-hydrogen) atoms. The predicted octanol–water partition coefficient (Wildman–Crippen LogP) is 2.33. The molecule has 0 unspecified atom stereocenters. The van der Waals surface area contributed by atoms with Crippen molar-refractivity contribution in [1.82, 2.24) is 0 Å². The van der Waals surface area contributed by atoms with E-state index in [-0.39, 0.29) is 5.56 Å². The third-order valence-corrected chi connectivity index (χ3v) is 1.74. The molecule has 1 rings (SSSR count). The summed E-state index contributed by atoms with van der Waals surface area (Å²) in [5, 5.41) is 9.03. The van der Waals surface area contributed by atoms with Gasteiger partial charge in [-0.15, -0.1) is 0 Å². The van der Waals surface area contributed by atoms with E-state index in [1.54, 1.807) is 0 Å². The summed E-state index contributed by atoms with van der Waals surface area (Å²) in [6, 6.07) is 2.50. The van der Waals surface area contributed by atoms with E-state index in [4.69, 9.17) is 5.11 Å². The standard InChI is InChI=1S/C9H10F2O/c1-5-3-4-7(10)8(6(2)12)9(5)11/h3-4,6,12H,1-2H3/t6-/m0/s1. The van der Waals surface area contributed by atoms with Crippen LogP contribution in [-0.2, 0) is 0 Å². The molecule has 0 fully saturated rings. The first-order chi connectivity index (χ1) is 5.54. The quantitative estimate of drug-likeness (QED) is 0.689. The van der Waals surface area contributed by atoms with Crippen molar-refractivity contribution in [2.75, 3.05) is 0 Å². The van der Waals surface area contributed by atoms with Gasteiger partial charge in [-0.05, 0) is 25.5 Å². The summed E-state index contributed by atoms with van der Waals surface area (Å²) < 4.78 is 26.0. The van der Waals surface area contributed by atoms with E-state index < -0.39 is 17.7 Å². The molecule has 1 N–H and O–H groups in total. The molecule has 3 heteroatoms. The topological polar surface area (TPSA) is 20.2 Å². The number of aliphatic hydroxyl groups excluding tert-OH is 1. The van der Waals surface area contributed by atoms with Crippen LogP contribution in [0.4, 0.5) is 8.78 Å². The Morgan fingerprint density at radius 1 is 1.33 bits per heavy atom. The van der Waals surface area contributed by atoms with E-state index in [9.17, 15) is 8.78 Å². The first-order valence-electron chi connectivity index (χ1n) is 3.66. The summed E-state index contributed by atoms with van der Waals surface area (Å²) in [6.07, 6.45) is -1.11. The van der Waals surface area contributed by atoms with Gasteiger partial charge in [-0.1, -0.05) is 6.07 Å². The van der Waals surface area contributed by atoms with Crippen molar-refractivity contribution >= 4 is 0 Å². The van der Waals surface area contributed by atoms with Gasteiger partial charge in [0.15, 0.2) is 0 Å². The Hall–Kier alpha value is -0.960. The normalized spacial score (nSPS) is 13.1. The molecule has 0 spiro atoms. The van der Waals surface area contributed by atoms with Crippen LogP contribution in [0, 0.1) is 18.6 Å². The zero-order chi connectivity index (χ0) is 9.30. The number of benzene rings is 1. The Morgan fingerprint density at radius 2 is 1.92 bits per heavy atom. The first-order valence-corrected chi connectivity index (χ1v) is 3.66. The molecule has 1 aromatic rings. The van der Waals surface area contributed by atoms with Crippen LogP contribution in [0.2, 0.25) is 0 Å². The lowest BCUT2D eigenvalue weighted by atomic mass is 10.1. The van der Waals surface area contributed by atoms with Crippen molar-refractivity contribution < 1.29 is 13.9 Å². The molecule has 0 heterocycles. The second kappa shape index (κ2) is 3.19. The van der Waals surface area contributed by atoms with E-state index in [1.165, 1.54) is 19.9 Å². The monoisotopic (exact) mass is 172 g/mol. The van der Waals surface area contributed by atoms with Gasteiger partial charge in [0, 0.05) is 0 Å². The fourth-order valence-electron chi connectivity index (χ4n) is 1.06. The summed E-state index contributed by atoms with van der Waals surface area (Å²) >= 11 is 0. The molecule has 0 aliphatic heterocycles. The maximum Gasteiger partial charge on any atom is 0.134 e. The Kier molecular flexibility index (Phi) is 2.43. The van der Waals surface area contributed by atoms with Gasteiger partial charge >= 0.3 is 0 Å². The van der Waals surface area contributed by atoms with Crippen molar-refractivity contribution in [1.29, 1.82) is 0 Å². The van der Waals surface area contributed by atoms with E-state index in [2.05, 4.69) is 0 Å². The van der Waals surface area contributed by atoms with Crippen LogP contribution in [0.1, 0.15) is 24.2 Å². The van der Waals surface area contributed by atoms with E-state index in [1.807, 2.05) is 0 Å². The molecule has 0 saturated heterocycles. The predicted molar refractivity (Wildman–Crippen MR) is 41.7 cm³/mol. The van der Waals surface area contributed by atoms with Crippen molar-refractivity contribution in [3.63, 3.8) is 0 Å². The van der Waals surface area contributed by atoms with Crippen molar-refractivity contribution in [3.8, 4) is 0 Å². The smallest absolute Gasteiger partial charge is 0.134 e. The Morgan fingerprint density at radius 3 is 2.33 bits per heavy atom. The lowest BCUT2D eigenvalue weighted by molar-refractivity contribution is 0.188. The average Bonchev–Trinajstić information content (AvgIpc) is 1.97. The van der Waals surface area contributed by atoms with Crippen LogP contribution in [-0.4, -0.2) is 5.11 Å². The van der Waals surface area contributed by atoms with Gasteiger partial charge in [-0.3, -0.25) is 0 Å². The molecule has 0 radical (unpaired) electrons. The lowest BCUT2D eigenvalue weighted by Gasteiger charge is -2.08. The highest BCUT2D eigenvalue weighted by molar-refractivity contribution is 5.27. The zero-order valence-electron chi connectivity index (χ0n) is 6.94. The summed E-state index contributed by atoms with van der Waals surface area (Å²) in [5.41, 5.74) is 0.0855. The molecule has 1 atom stereocenters. The van der Waals surface area contributed by atoms with E-state index >= 15 is 0 Å². The van der Waals surface area contributed by atoms with E-state index in [0.29, 0.717) is 5.56 Å². The molecule has 0 aliphatic carbocycles. The molecule has 1 aromatic carbocycles. The van der Waals surface area contributed by atoms with Crippen molar-refractivity contribution in [2.24, 2.45) is 0 Å². The van der Waals surface area contributed by atoms with Gasteiger partial charge in [0.05, 0.1) is 11.7 Å². The molecular formula is C9H10F2O. The molecular weight excluding hydrogens is 162 g/mol. The Labute approximate surface area is 69.7 Å². The highest BCUT2D eigenvalue weighted by atomic mass is 19.1. The van der Waals surface area contributed by atoms with Crippen molar-refractivity contribution in [3.05, 3.63) is 34.9 Å². The van der Waals surface area contributed by atoms with Gasteiger partial charge in [-0.2, -0.15) is 0 Å². The molecule has 66 valence electrons. The maximum atomic E-state index is 13.1. The van der Waals surface area contributed by atoms with E-state index in [0.717, 1.165) is 6.07 Å². The van der Waals surface area contributed by atoms with Crippen LogP contribution in [0.15, 0.2) is 12.1 Å². The fourth-order valence-corrected chi connectivity index (χ4v) is 1.06. The first kappa shape index (κ1) is 9.13. The van der Waals surface area contributed by atoms with Gasteiger partial charge < -0.3 is 5.11 Å². The highest BCUT2D eigenvalue weighted by Crippen LogP contribution is 2.22. The Balaban J connectivity index is 3.33. The second-order valence-electron chi connectivity index (χ2n) is 2.77. The molecule has 0 amide bonds. The highest BCUT2D eigenvalue weighted by Gasteiger charge is 2.15. The fraction of sp³-hybridized carbons (Fsp3) is 0.333. The maximum absolute atomic E-state index is 13.1. The molecule has 0 aromatic heterocycles. The third-order valence-electron chi connectivity index (χ3n) is 1.74. The summed E-state index contributed by atoms with van der Waals surface area (Å²) in [7, 11) is 0. The van der Waals surface area contributed by atoms with Gasteiger partial charge in [0.25, 0.3) is 0 Å². The number of aryl methyl sites for hydroxylation is 1. The average molecular weight is 172 g/mol.